The molecule has 2 heterocycles. The molecule has 31 heavy (non-hydrogen) atoms. The van der Waals surface area contributed by atoms with E-state index in [0.29, 0.717) is 6.42 Å². The molecule has 156 valence electrons. The van der Waals surface area contributed by atoms with Crippen LogP contribution in [0.3, 0.4) is 0 Å². The van der Waals surface area contributed by atoms with Crippen LogP contribution in [0, 0.1) is 0 Å². The largest absolute Gasteiger partial charge is 0.303 e. The maximum atomic E-state index is 13.0. The quantitative estimate of drug-likeness (QED) is 0.676. The molecule has 1 N–H and O–H groups in total. The molecule has 2 aliphatic heterocycles. The number of hydrazine groups is 1. The molecule has 0 bridgehead atoms. The average Bonchev–Trinajstić information content (AvgIpc) is 3.14. The summed E-state index contributed by atoms with van der Waals surface area (Å²) in [5.41, 5.74) is 8.49. The van der Waals surface area contributed by atoms with E-state index >= 15 is 0 Å². The van der Waals surface area contributed by atoms with Crippen molar-refractivity contribution < 1.29 is 4.79 Å². The van der Waals surface area contributed by atoms with Gasteiger partial charge in [-0.1, -0.05) is 55.0 Å². The fourth-order valence-corrected chi connectivity index (χ4v) is 5.28. The molecule has 5 nitrogen and oxygen atoms in total. The maximum Gasteiger partial charge on any atom is 0.239 e. The fraction of sp³-hybridized carbons (Fsp3) is 0.308. The van der Waals surface area contributed by atoms with Crippen LogP contribution in [0.5, 0.6) is 0 Å². The van der Waals surface area contributed by atoms with Gasteiger partial charge in [-0.05, 0) is 54.4 Å². The lowest BCUT2D eigenvalue weighted by Crippen LogP contribution is -2.48. The normalized spacial score (nSPS) is 19.7. The molecular formula is C26H26N4O. The Labute approximate surface area is 182 Å². The van der Waals surface area contributed by atoms with Crippen LogP contribution in [-0.2, 0) is 4.79 Å². The number of likely N-dealkylation sites (tertiary alicyclic amines) is 1. The van der Waals surface area contributed by atoms with Gasteiger partial charge in [0.25, 0.3) is 0 Å². The SMILES string of the molecule is O=C(CCN1CCCCC1)NN1c2ccccc2N=C2c3cccc4cccc(c34)C21. The molecule has 3 aromatic rings. The third-order valence-corrected chi connectivity index (χ3v) is 6.76. The molecule has 0 radical (unpaired) electrons. The Morgan fingerprint density at radius 1 is 0.968 bits per heavy atom. The first-order valence-electron chi connectivity index (χ1n) is 11.3. The van der Waals surface area contributed by atoms with Crippen molar-refractivity contribution >= 4 is 33.8 Å². The van der Waals surface area contributed by atoms with Crippen molar-refractivity contribution in [1.82, 2.24) is 10.3 Å². The molecule has 0 saturated carbocycles. The van der Waals surface area contributed by atoms with Gasteiger partial charge in [-0.2, -0.15) is 0 Å². The van der Waals surface area contributed by atoms with Gasteiger partial charge in [0.2, 0.25) is 5.91 Å². The summed E-state index contributed by atoms with van der Waals surface area (Å²) in [4.78, 5) is 20.5. The highest BCUT2D eigenvalue weighted by Gasteiger charge is 2.39. The van der Waals surface area contributed by atoms with Crippen molar-refractivity contribution in [3.63, 3.8) is 0 Å². The van der Waals surface area contributed by atoms with Crippen LogP contribution in [0.2, 0.25) is 0 Å². The number of fused-ring (bicyclic) bond motifs is 4. The number of carbonyl (C=O) groups is 1. The van der Waals surface area contributed by atoms with Crippen molar-refractivity contribution in [3.05, 3.63) is 71.8 Å². The van der Waals surface area contributed by atoms with Crippen molar-refractivity contribution in [3.8, 4) is 0 Å². The standard InChI is InChI=1S/C26H26N4O/c31-23(14-17-29-15-4-1-5-16-29)28-30-22-13-3-2-12-21(22)27-25-19-10-6-8-18-9-7-11-20(24(18)19)26(25)30/h2-3,6-13,26H,1,4-5,14-17H2,(H,28,31). The van der Waals surface area contributed by atoms with Gasteiger partial charge in [-0.3, -0.25) is 15.2 Å². The van der Waals surface area contributed by atoms with Gasteiger partial charge >= 0.3 is 0 Å². The van der Waals surface area contributed by atoms with Crippen LogP contribution >= 0.6 is 0 Å². The summed E-state index contributed by atoms with van der Waals surface area (Å²) < 4.78 is 0. The van der Waals surface area contributed by atoms with E-state index in [1.54, 1.807) is 0 Å². The van der Waals surface area contributed by atoms with E-state index in [0.717, 1.165) is 36.7 Å². The second-order valence-electron chi connectivity index (χ2n) is 8.70. The van der Waals surface area contributed by atoms with Crippen LogP contribution < -0.4 is 10.4 Å². The summed E-state index contributed by atoms with van der Waals surface area (Å²) in [6, 6.07) is 20.8. The number of para-hydroxylation sites is 2. The van der Waals surface area contributed by atoms with Crippen molar-refractivity contribution in [2.45, 2.75) is 31.7 Å². The zero-order valence-electron chi connectivity index (χ0n) is 17.6. The van der Waals surface area contributed by atoms with E-state index in [1.165, 1.54) is 41.2 Å². The number of amides is 1. The lowest BCUT2D eigenvalue weighted by atomic mass is 10.0. The number of carbonyl (C=O) groups excluding carboxylic acids is 1. The maximum absolute atomic E-state index is 13.0. The first-order valence-corrected chi connectivity index (χ1v) is 11.3. The number of nitrogens with zero attached hydrogens (tertiary/aromatic N) is 3. The highest BCUT2D eigenvalue weighted by atomic mass is 16.2. The minimum Gasteiger partial charge on any atom is -0.303 e. The summed E-state index contributed by atoms with van der Waals surface area (Å²) in [6.07, 6.45) is 4.30. The number of piperidine rings is 1. The van der Waals surface area contributed by atoms with E-state index in [9.17, 15) is 4.79 Å². The molecule has 0 spiro atoms. The average molecular weight is 411 g/mol. The van der Waals surface area contributed by atoms with E-state index in [4.69, 9.17) is 4.99 Å². The number of hydrogen-bond acceptors (Lipinski definition) is 4. The molecule has 5 heteroatoms. The van der Waals surface area contributed by atoms with Gasteiger partial charge in [0.05, 0.1) is 17.1 Å². The molecule has 1 amide bonds. The van der Waals surface area contributed by atoms with Gasteiger partial charge in [0.15, 0.2) is 0 Å². The lowest BCUT2D eigenvalue weighted by molar-refractivity contribution is -0.121. The summed E-state index contributed by atoms with van der Waals surface area (Å²) >= 11 is 0. The van der Waals surface area contributed by atoms with Crippen molar-refractivity contribution in [2.24, 2.45) is 4.99 Å². The zero-order valence-corrected chi connectivity index (χ0v) is 17.6. The smallest absolute Gasteiger partial charge is 0.239 e. The minimum atomic E-state index is -0.102. The molecule has 6 rings (SSSR count). The third kappa shape index (κ3) is 3.12. The highest BCUT2D eigenvalue weighted by Crippen LogP contribution is 2.47. The van der Waals surface area contributed by atoms with E-state index in [1.807, 2.05) is 29.3 Å². The van der Waals surface area contributed by atoms with E-state index in [2.05, 4.69) is 46.7 Å². The molecule has 1 unspecified atom stereocenters. The zero-order chi connectivity index (χ0) is 20.8. The Morgan fingerprint density at radius 3 is 2.65 bits per heavy atom. The van der Waals surface area contributed by atoms with E-state index < -0.39 is 0 Å². The Balaban J connectivity index is 1.34. The number of benzene rings is 3. The predicted molar refractivity (Wildman–Crippen MR) is 125 cm³/mol. The molecular weight excluding hydrogens is 384 g/mol. The summed E-state index contributed by atoms with van der Waals surface area (Å²) in [7, 11) is 0. The monoisotopic (exact) mass is 410 g/mol. The number of anilines is 1. The van der Waals surface area contributed by atoms with Gasteiger partial charge in [-0.25, -0.2) is 4.99 Å². The Kier molecular flexibility index (Phi) is 4.50. The third-order valence-electron chi connectivity index (χ3n) is 6.76. The van der Waals surface area contributed by atoms with Crippen LogP contribution in [0.25, 0.3) is 10.8 Å². The number of hydrogen-bond donors (Lipinski definition) is 1. The summed E-state index contributed by atoms with van der Waals surface area (Å²) in [5, 5.41) is 4.51. The first kappa shape index (κ1) is 18.6. The van der Waals surface area contributed by atoms with Gasteiger partial charge in [-0.15, -0.1) is 0 Å². The Bertz CT molecular complexity index is 1190. The summed E-state index contributed by atoms with van der Waals surface area (Å²) in [5.74, 6) is 0.0600. The molecule has 1 fully saturated rings. The number of rotatable bonds is 4. The molecule has 1 atom stereocenters. The van der Waals surface area contributed by atoms with Crippen LogP contribution in [-0.4, -0.2) is 36.2 Å². The summed E-state index contributed by atoms with van der Waals surface area (Å²) in [6.45, 7) is 3.04. The van der Waals surface area contributed by atoms with Crippen LogP contribution in [0.1, 0.15) is 42.9 Å². The second-order valence-corrected chi connectivity index (χ2v) is 8.70. The molecule has 1 saturated heterocycles. The van der Waals surface area contributed by atoms with Gasteiger partial charge in [0, 0.05) is 18.5 Å². The fourth-order valence-electron chi connectivity index (χ4n) is 5.28. The highest BCUT2D eigenvalue weighted by molar-refractivity contribution is 6.23. The first-order chi connectivity index (χ1) is 15.3. The number of nitrogens with one attached hydrogen (secondary N) is 1. The minimum absolute atomic E-state index is 0.0600. The predicted octanol–water partition coefficient (Wildman–Crippen LogP) is 4.74. The van der Waals surface area contributed by atoms with E-state index in [-0.39, 0.29) is 11.9 Å². The van der Waals surface area contributed by atoms with Gasteiger partial charge in [0.1, 0.15) is 6.04 Å². The van der Waals surface area contributed by atoms with Crippen LogP contribution in [0.15, 0.2) is 65.7 Å². The topological polar surface area (TPSA) is 47.9 Å². The van der Waals surface area contributed by atoms with Crippen LogP contribution in [0.4, 0.5) is 11.4 Å². The molecule has 3 aromatic carbocycles. The van der Waals surface area contributed by atoms with Gasteiger partial charge < -0.3 is 4.90 Å². The molecule has 3 aliphatic rings. The molecule has 1 aliphatic carbocycles. The number of aliphatic imine (C=N–C) groups is 1. The molecule has 0 aromatic heterocycles. The lowest BCUT2D eigenvalue weighted by Gasteiger charge is -2.36. The van der Waals surface area contributed by atoms with Crippen molar-refractivity contribution in [1.29, 1.82) is 0 Å². The Hall–Kier alpha value is -3.18. The Morgan fingerprint density at radius 2 is 1.77 bits per heavy atom. The second kappa shape index (κ2) is 7.50. The van der Waals surface area contributed by atoms with Crippen molar-refractivity contribution in [2.75, 3.05) is 24.6 Å².